The maximum Gasteiger partial charge on any atom is 0.338 e. The van der Waals surface area contributed by atoms with Crippen LogP contribution < -0.4 is 4.74 Å². The number of methoxy groups -OCH3 is 2. The van der Waals surface area contributed by atoms with Crippen LogP contribution in [0, 0.1) is 0 Å². The number of halogens is 1. The maximum atomic E-state index is 12.2. The van der Waals surface area contributed by atoms with E-state index in [1.807, 2.05) is 23.6 Å². The van der Waals surface area contributed by atoms with E-state index in [0.717, 1.165) is 15.0 Å². The lowest BCUT2D eigenvalue weighted by molar-refractivity contribution is 0.0467. The molecular formula is C20H16BrNO5S. The molecule has 0 aliphatic heterocycles. The minimum atomic E-state index is -0.494. The normalized spacial score (nSPS) is 10.4. The van der Waals surface area contributed by atoms with Gasteiger partial charge in [0.05, 0.1) is 36.6 Å². The first-order chi connectivity index (χ1) is 13.5. The maximum absolute atomic E-state index is 12.2. The van der Waals surface area contributed by atoms with Crippen LogP contribution in [-0.4, -0.2) is 31.1 Å². The highest BCUT2D eigenvalue weighted by molar-refractivity contribution is 9.10. The van der Waals surface area contributed by atoms with Crippen molar-refractivity contribution in [2.45, 2.75) is 6.61 Å². The quantitative estimate of drug-likeness (QED) is 0.494. The van der Waals surface area contributed by atoms with E-state index < -0.39 is 11.9 Å². The average Bonchev–Trinajstić information content (AvgIpc) is 3.20. The summed E-state index contributed by atoms with van der Waals surface area (Å²) in [6.07, 6.45) is 0. The van der Waals surface area contributed by atoms with Gasteiger partial charge >= 0.3 is 11.9 Å². The second-order valence-corrected chi connectivity index (χ2v) is 7.41. The fraction of sp³-hybridized carbons (Fsp3) is 0.150. The summed E-state index contributed by atoms with van der Waals surface area (Å²) in [6, 6.07) is 11.8. The number of carbonyl (C=O) groups excluding carboxylic acids is 2. The van der Waals surface area contributed by atoms with E-state index in [1.165, 1.54) is 42.7 Å². The molecule has 1 heterocycles. The van der Waals surface area contributed by atoms with Crippen LogP contribution >= 0.6 is 27.3 Å². The van der Waals surface area contributed by atoms with Crippen molar-refractivity contribution in [1.82, 2.24) is 4.98 Å². The van der Waals surface area contributed by atoms with Crippen LogP contribution in [-0.2, 0) is 16.1 Å². The Labute approximate surface area is 174 Å². The summed E-state index contributed by atoms with van der Waals surface area (Å²) in [5.74, 6) is -0.240. The van der Waals surface area contributed by atoms with E-state index in [4.69, 9.17) is 9.47 Å². The van der Waals surface area contributed by atoms with Crippen molar-refractivity contribution in [3.8, 4) is 16.3 Å². The predicted molar refractivity (Wildman–Crippen MR) is 109 cm³/mol. The largest absolute Gasteiger partial charge is 0.496 e. The summed E-state index contributed by atoms with van der Waals surface area (Å²) in [4.78, 5) is 28.2. The SMILES string of the molecule is COC(=O)c1ccc(C(=O)OCc2csc(-c3cc(Br)ccc3OC)n2)cc1. The van der Waals surface area contributed by atoms with Gasteiger partial charge in [0, 0.05) is 9.85 Å². The molecule has 8 heteroatoms. The Balaban J connectivity index is 1.67. The first kappa shape index (κ1) is 20.0. The zero-order valence-corrected chi connectivity index (χ0v) is 17.5. The molecule has 0 saturated heterocycles. The molecule has 144 valence electrons. The number of hydrogen-bond donors (Lipinski definition) is 0. The first-order valence-electron chi connectivity index (χ1n) is 8.15. The Bertz CT molecular complexity index is 1000. The van der Waals surface area contributed by atoms with Crippen molar-refractivity contribution in [3.63, 3.8) is 0 Å². The molecule has 28 heavy (non-hydrogen) atoms. The Kier molecular flexibility index (Phi) is 6.43. The number of aromatic nitrogens is 1. The highest BCUT2D eigenvalue weighted by atomic mass is 79.9. The molecule has 0 fully saturated rings. The number of thiazole rings is 1. The standard InChI is InChI=1S/C20H16BrNO5S/c1-25-17-8-7-14(21)9-16(17)18-22-15(11-28-18)10-27-20(24)13-5-3-12(4-6-13)19(23)26-2/h3-9,11H,10H2,1-2H3. The van der Waals surface area contributed by atoms with Crippen LogP contribution in [0.2, 0.25) is 0 Å². The highest BCUT2D eigenvalue weighted by Crippen LogP contribution is 2.34. The van der Waals surface area contributed by atoms with Gasteiger partial charge in [-0.25, -0.2) is 14.6 Å². The lowest BCUT2D eigenvalue weighted by atomic mass is 10.1. The van der Waals surface area contributed by atoms with E-state index in [9.17, 15) is 9.59 Å². The molecule has 6 nitrogen and oxygen atoms in total. The summed E-state index contributed by atoms with van der Waals surface area (Å²) in [5, 5.41) is 2.61. The molecule has 0 bridgehead atoms. The van der Waals surface area contributed by atoms with Gasteiger partial charge in [0.15, 0.2) is 0 Å². The van der Waals surface area contributed by atoms with E-state index in [2.05, 4.69) is 25.7 Å². The van der Waals surface area contributed by atoms with Crippen molar-refractivity contribution in [2.24, 2.45) is 0 Å². The van der Waals surface area contributed by atoms with Gasteiger partial charge in [0.1, 0.15) is 17.4 Å². The second kappa shape index (κ2) is 8.99. The van der Waals surface area contributed by atoms with E-state index in [0.29, 0.717) is 22.6 Å². The number of carbonyl (C=O) groups is 2. The van der Waals surface area contributed by atoms with E-state index in [-0.39, 0.29) is 6.61 Å². The number of esters is 2. The van der Waals surface area contributed by atoms with Crippen molar-refractivity contribution in [1.29, 1.82) is 0 Å². The minimum Gasteiger partial charge on any atom is -0.496 e. The fourth-order valence-electron chi connectivity index (χ4n) is 2.43. The molecule has 1 aromatic heterocycles. The third kappa shape index (κ3) is 4.58. The van der Waals surface area contributed by atoms with Crippen LogP contribution in [0.5, 0.6) is 5.75 Å². The van der Waals surface area contributed by atoms with E-state index in [1.54, 1.807) is 7.11 Å². The van der Waals surface area contributed by atoms with Crippen molar-refractivity contribution in [2.75, 3.05) is 14.2 Å². The van der Waals surface area contributed by atoms with Gasteiger partial charge in [-0.1, -0.05) is 15.9 Å². The van der Waals surface area contributed by atoms with Gasteiger partial charge in [-0.3, -0.25) is 0 Å². The zero-order chi connectivity index (χ0) is 20.1. The lowest BCUT2D eigenvalue weighted by Gasteiger charge is -2.06. The molecule has 0 saturated carbocycles. The van der Waals surface area contributed by atoms with Gasteiger partial charge in [-0.2, -0.15) is 0 Å². The summed E-state index contributed by atoms with van der Waals surface area (Å²) in [5.41, 5.74) is 2.21. The van der Waals surface area contributed by atoms with Crippen LogP contribution in [0.3, 0.4) is 0 Å². The average molecular weight is 462 g/mol. The van der Waals surface area contributed by atoms with Crippen molar-refractivity contribution >= 4 is 39.2 Å². The molecule has 0 N–H and O–H groups in total. The molecule has 0 atom stereocenters. The molecule has 0 unspecified atom stereocenters. The van der Waals surface area contributed by atoms with Gasteiger partial charge in [0.2, 0.25) is 0 Å². The second-order valence-electron chi connectivity index (χ2n) is 5.63. The molecule has 2 aromatic carbocycles. The van der Waals surface area contributed by atoms with Gasteiger partial charge < -0.3 is 14.2 Å². The molecule has 0 aliphatic carbocycles. The topological polar surface area (TPSA) is 74.7 Å². The van der Waals surface area contributed by atoms with Crippen LogP contribution in [0.1, 0.15) is 26.4 Å². The van der Waals surface area contributed by atoms with Crippen LogP contribution in [0.15, 0.2) is 52.3 Å². The molecule has 3 rings (SSSR count). The Hall–Kier alpha value is -2.71. The van der Waals surface area contributed by atoms with Crippen LogP contribution in [0.25, 0.3) is 10.6 Å². The fourth-order valence-corrected chi connectivity index (χ4v) is 3.61. The molecule has 0 radical (unpaired) electrons. The zero-order valence-electron chi connectivity index (χ0n) is 15.1. The molecule has 0 amide bonds. The Morgan fingerprint density at radius 3 is 2.36 bits per heavy atom. The smallest absolute Gasteiger partial charge is 0.338 e. The summed E-state index contributed by atoms with van der Waals surface area (Å²) in [7, 11) is 2.91. The summed E-state index contributed by atoms with van der Waals surface area (Å²) < 4.78 is 16.2. The lowest BCUT2D eigenvalue weighted by Crippen LogP contribution is -2.07. The number of hydrogen-bond acceptors (Lipinski definition) is 7. The van der Waals surface area contributed by atoms with Gasteiger partial charge in [-0.15, -0.1) is 11.3 Å². The molecular weight excluding hydrogens is 446 g/mol. The summed E-state index contributed by atoms with van der Waals surface area (Å²) >= 11 is 4.89. The minimum absolute atomic E-state index is 0.0460. The van der Waals surface area contributed by atoms with Crippen molar-refractivity contribution < 1.29 is 23.8 Å². The number of rotatable bonds is 6. The monoisotopic (exact) mass is 461 g/mol. The third-order valence-electron chi connectivity index (χ3n) is 3.84. The number of benzene rings is 2. The van der Waals surface area contributed by atoms with E-state index >= 15 is 0 Å². The molecule has 0 spiro atoms. The number of nitrogens with zero attached hydrogens (tertiary/aromatic N) is 1. The Morgan fingerprint density at radius 1 is 1.04 bits per heavy atom. The predicted octanol–water partition coefficient (Wildman–Crippen LogP) is 4.72. The highest BCUT2D eigenvalue weighted by Gasteiger charge is 2.14. The molecule has 3 aromatic rings. The Morgan fingerprint density at radius 2 is 1.71 bits per heavy atom. The summed E-state index contributed by atoms with van der Waals surface area (Å²) in [6.45, 7) is 0.0460. The molecule has 0 aliphatic rings. The first-order valence-corrected chi connectivity index (χ1v) is 9.83. The van der Waals surface area contributed by atoms with Gasteiger partial charge in [0.25, 0.3) is 0 Å². The van der Waals surface area contributed by atoms with Crippen molar-refractivity contribution in [3.05, 3.63) is 69.1 Å². The number of ether oxygens (including phenoxy) is 3. The van der Waals surface area contributed by atoms with Gasteiger partial charge in [-0.05, 0) is 42.5 Å². The van der Waals surface area contributed by atoms with Crippen LogP contribution in [0.4, 0.5) is 0 Å². The third-order valence-corrected chi connectivity index (χ3v) is 5.25.